The van der Waals surface area contributed by atoms with Crippen molar-refractivity contribution >= 4 is 17.5 Å². The Kier molecular flexibility index (Phi) is 7.26. The SMILES string of the molecule is COc1cccc(C(=O)Nc2ccc(Cc3[nH]nc(CCc4ccc(C)cc4)c3C(N)=O)cc2)c1. The van der Waals surface area contributed by atoms with Crippen LogP contribution in [0, 0.1) is 6.92 Å². The van der Waals surface area contributed by atoms with E-state index in [4.69, 9.17) is 10.5 Å². The van der Waals surface area contributed by atoms with E-state index in [0.29, 0.717) is 46.8 Å². The predicted octanol–water partition coefficient (Wildman–Crippen LogP) is 4.45. The molecule has 0 radical (unpaired) electrons. The first-order chi connectivity index (χ1) is 16.9. The van der Waals surface area contributed by atoms with Crippen LogP contribution in [0.5, 0.6) is 5.75 Å². The third kappa shape index (κ3) is 5.95. The maximum Gasteiger partial charge on any atom is 0.255 e. The van der Waals surface area contributed by atoms with Gasteiger partial charge in [-0.25, -0.2) is 0 Å². The van der Waals surface area contributed by atoms with Gasteiger partial charge in [-0.1, -0.05) is 48.0 Å². The molecule has 0 unspecified atom stereocenters. The van der Waals surface area contributed by atoms with E-state index in [0.717, 1.165) is 12.0 Å². The van der Waals surface area contributed by atoms with Crippen molar-refractivity contribution in [2.24, 2.45) is 5.73 Å². The standard InChI is InChI=1S/C28H28N4O3/c1-18-6-8-19(9-7-18)12-15-24-26(27(29)33)25(32-31-24)16-20-10-13-22(14-11-20)30-28(34)21-4-3-5-23(17-21)35-2/h3-11,13-14,17H,12,15-16H2,1-2H3,(H2,29,33)(H,30,34)(H,31,32). The van der Waals surface area contributed by atoms with Crippen LogP contribution in [0.3, 0.4) is 0 Å². The fourth-order valence-corrected chi connectivity index (χ4v) is 3.92. The summed E-state index contributed by atoms with van der Waals surface area (Å²) in [5.74, 6) is -0.0923. The number of hydrogen-bond donors (Lipinski definition) is 3. The Balaban J connectivity index is 1.42. The predicted molar refractivity (Wildman–Crippen MR) is 136 cm³/mol. The van der Waals surface area contributed by atoms with Crippen molar-refractivity contribution in [1.82, 2.24) is 10.2 Å². The number of nitrogens with zero attached hydrogens (tertiary/aromatic N) is 1. The van der Waals surface area contributed by atoms with E-state index in [1.807, 2.05) is 24.3 Å². The fourth-order valence-electron chi connectivity index (χ4n) is 3.92. The second kappa shape index (κ2) is 10.7. The maximum atomic E-state index is 12.5. The van der Waals surface area contributed by atoms with Gasteiger partial charge >= 0.3 is 0 Å². The molecule has 0 atom stereocenters. The van der Waals surface area contributed by atoms with Crippen LogP contribution in [0.2, 0.25) is 0 Å². The van der Waals surface area contributed by atoms with Crippen molar-refractivity contribution in [3.8, 4) is 5.75 Å². The average molecular weight is 469 g/mol. The lowest BCUT2D eigenvalue weighted by Crippen LogP contribution is -2.15. The molecule has 178 valence electrons. The number of anilines is 1. The smallest absolute Gasteiger partial charge is 0.255 e. The van der Waals surface area contributed by atoms with Crippen molar-refractivity contribution in [2.75, 3.05) is 12.4 Å². The van der Waals surface area contributed by atoms with Crippen LogP contribution >= 0.6 is 0 Å². The number of aromatic amines is 1. The van der Waals surface area contributed by atoms with Crippen molar-refractivity contribution in [1.29, 1.82) is 0 Å². The Hall–Kier alpha value is -4.39. The molecule has 7 heteroatoms. The van der Waals surface area contributed by atoms with Gasteiger partial charge in [-0.15, -0.1) is 0 Å². The topological polar surface area (TPSA) is 110 Å². The van der Waals surface area contributed by atoms with Gasteiger partial charge in [0.05, 0.1) is 24.1 Å². The quantitative estimate of drug-likeness (QED) is 0.337. The highest BCUT2D eigenvalue weighted by molar-refractivity contribution is 6.04. The van der Waals surface area contributed by atoms with Crippen LogP contribution in [0.15, 0.2) is 72.8 Å². The summed E-state index contributed by atoms with van der Waals surface area (Å²) in [5, 5.41) is 10.3. The van der Waals surface area contributed by atoms with Gasteiger partial charge in [0.25, 0.3) is 11.8 Å². The first kappa shape index (κ1) is 23.8. The zero-order chi connectivity index (χ0) is 24.8. The van der Waals surface area contributed by atoms with Gasteiger partial charge < -0.3 is 15.8 Å². The minimum atomic E-state index is -0.491. The van der Waals surface area contributed by atoms with Crippen LogP contribution in [0.25, 0.3) is 0 Å². The molecule has 35 heavy (non-hydrogen) atoms. The number of H-pyrrole nitrogens is 1. The third-order valence-electron chi connectivity index (χ3n) is 5.86. The number of carbonyl (C=O) groups is 2. The minimum Gasteiger partial charge on any atom is -0.497 e. The first-order valence-electron chi connectivity index (χ1n) is 11.4. The lowest BCUT2D eigenvalue weighted by Gasteiger charge is -2.08. The fraction of sp³-hybridized carbons (Fsp3) is 0.179. The van der Waals surface area contributed by atoms with Crippen molar-refractivity contribution in [3.05, 3.63) is 112 Å². The second-order valence-corrected chi connectivity index (χ2v) is 8.43. The number of benzene rings is 3. The largest absolute Gasteiger partial charge is 0.497 e. The molecule has 0 fully saturated rings. The van der Waals surface area contributed by atoms with Gasteiger partial charge in [0.15, 0.2) is 0 Å². The van der Waals surface area contributed by atoms with Crippen LogP contribution in [-0.4, -0.2) is 29.1 Å². The summed E-state index contributed by atoms with van der Waals surface area (Å²) in [4.78, 5) is 24.7. The van der Waals surface area contributed by atoms with Crippen LogP contribution in [0.1, 0.15) is 48.8 Å². The molecule has 0 saturated heterocycles. The molecular formula is C28H28N4O3. The number of aromatic nitrogens is 2. The summed E-state index contributed by atoms with van der Waals surface area (Å²) >= 11 is 0. The van der Waals surface area contributed by atoms with E-state index >= 15 is 0 Å². The van der Waals surface area contributed by atoms with Gasteiger partial charge in [-0.3, -0.25) is 14.7 Å². The Morgan fingerprint density at radius 1 is 0.971 bits per heavy atom. The zero-order valence-corrected chi connectivity index (χ0v) is 19.8. The molecule has 2 amide bonds. The number of methoxy groups -OCH3 is 1. The molecule has 7 nitrogen and oxygen atoms in total. The zero-order valence-electron chi connectivity index (χ0n) is 19.8. The molecule has 0 bridgehead atoms. The molecule has 0 aliphatic carbocycles. The van der Waals surface area contributed by atoms with E-state index in [1.54, 1.807) is 31.4 Å². The Morgan fingerprint density at radius 3 is 2.37 bits per heavy atom. The van der Waals surface area contributed by atoms with Gasteiger partial charge in [0.1, 0.15) is 5.75 Å². The molecule has 3 aromatic carbocycles. The summed E-state index contributed by atoms with van der Waals surface area (Å²) in [6, 6.07) is 22.7. The van der Waals surface area contributed by atoms with Crippen molar-refractivity contribution in [2.45, 2.75) is 26.2 Å². The number of nitrogens with one attached hydrogen (secondary N) is 2. The number of ether oxygens (including phenoxy) is 1. The molecule has 0 spiro atoms. The maximum absolute atomic E-state index is 12.5. The molecule has 1 heterocycles. The van der Waals surface area contributed by atoms with Gasteiger partial charge in [-0.2, -0.15) is 5.10 Å². The molecule has 0 aliphatic rings. The number of rotatable bonds is 9. The summed E-state index contributed by atoms with van der Waals surface area (Å²) < 4.78 is 5.18. The Morgan fingerprint density at radius 2 is 1.69 bits per heavy atom. The summed E-state index contributed by atoms with van der Waals surface area (Å²) in [5.41, 5.74) is 12.0. The lowest BCUT2D eigenvalue weighted by atomic mass is 10.0. The number of aryl methyl sites for hydroxylation is 3. The lowest BCUT2D eigenvalue weighted by molar-refractivity contribution is 0.0996. The average Bonchev–Trinajstić information content (AvgIpc) is 3.27. The highest BCUT2D eigenvalue weighted by atomic mass is 16.5. The third-order valence-corrected chi connectivity index (χ3v) is 5.86. The molecule has 4 rings (SSSR count). The van der Waals surface area contributed by atoms with E-state index in [1.165, 1.54) is 11.1 Å². The molecule has 1 aromatic heterocycles. The Labute approximate surface area is 204 Å². The summed E-state index contributed by atoms with van der Waals surface area (Å²) in [7, 11) is 1.56. The van der Waals surface area contributed by atoms with Crippen molar-refractivity contribution < 1.29 is 14.3 Å². The normalized spacial score (nSPS) is 10.7. The molecule has 0 aliphatic heterocycles. The molecule has 4 aromatic rings. The van der Waals surface area contributed by atoms with Crippen LogP contribution in [-0.2, 0) is 19.3 Å². The number of primary amides is 1. The molecular weight excluding hydrogens is 440 g/mol. The van der Waals surface area contributed by atoms with Crippen LogP contribution in [0.4, 0.5) is 5.69 Å². The van der Waals surface area contributed by atoms with E-state index in [2.05, 4.69) is 46.7 Å². The number of hydrogen-bond acceptors (Lipinski definition) is 4. The van der Waals surface area contributed by atoms with E-state index < -0.39 is 5.91 Å². The van der Waals surface area contributed by atoms with Crippen LogP contribution < -0.4 is 15.8 Å². The highest BCUT2D eigenvalue weighted by Gasteiger charge is 2.18. The molecule has 0 saturated carbocycles. The summed E-state index contributed by atoms with van der Waals surface area (Å²) in [6.07, 6.45) is 1.86. The number of amides is 2. The van der Waals surface area contributed by atoms with E-state index in [9.17, 15) is 9.59 Å². The highest BCUT2D eigenvalue weighted by Crippen LogP contribution is 2.20. The van der Waals surface area contributed by atoms with Gasteiger partial charge in [-0.05, 0) is 61.2 Å². The van der Waals surface area contributed by atoms with E-state index in [-0.39, 0.29) is 5.91 Å². The van der Waals surface area contributed by atoms with Gasteiger partial charge in [0.2, 0.25) is 0 Å². The number of nitrogens with two attached hydrogens (primary N) is 1. The second-order valence-electron chi connectivity index (χ2n) is 8.43. The number of carbonyl (C=O) groups excluding carboxylic acids is 2. The van der Waals surface area contributed by atoms with Gasteiger partial charge in [0, 0.05) is 17.7 Å². The minimum absolute atomic E-state index is 0.223. The first-order valence-corrected chi connectivity index (χ1v) is 11.4. The summed E-state index contributed by atoms with van der Waals surface area (Å²) in [6.45, 7) is 2.05. The Bertz CT molecular complexity index is 1330. The monoisotopic (exact) mass is 468 g/mol. The molecule has 4 N–H and O–H groups in total. The van der Waals surface area contributed by atoms with Crippen molar-refractivity contribution in [3.63, 3.8) is 0 Å².